The van der Waals surface area contributed by atoms with Crippen molar-refractivity contribution in [1.82, 2.24) is 14.9 Å². The highest BCUT2D eigenvalue weighted by Gasteiger charge is 2.21. The molecule has 1 atom stereocenters. The largest absolute Gasteiger partial charge is 0.342 e. The average Bonchev–Trinajstić information content (AvgIpc) is 2.73. The number of nitrogens with one attached hydrogen (secondary N) is 1. The first-order valence-electron chi connectivity index (χ1n) is 5.58. The minimum absolute atomic E-state index is 0.122. The van der Waals surface area contributed by atoms with Gasteiger partial charge in [0.1, 0.15) is 11.9 Å². The lowest BCUT2D eigenvalue weighted by Gasteiger charge is -2.19. The van der Waals surface area contributed by atoms with Gasteiger partial charge in [0.25, 0.3) is 0 Å². The molecule has 0 aliphatic heterocycles. The van der Waals surface area contributed by atoms with Crippen molar-refractivity contribution in [3.63, 3.8) is 0 Å². The molecule has 1 heterocycles. The zero-order valence-corrected chi connectivity index (χ0v) is 11.0. The first-order valence-corrected chi connectivity index (χ1v) is 5.96. The van der Waals surface area contributed by atoms with Crippen LogP contribution in [0.15, 0.2) is 36.7 Å². The molecular formula is C13H14ClN3O. The normalized spacial score (nSPS) is 12.2. The number of amides is 1. The van der Waals surface area contributed by atoms with E-state index in [0.717, 1.165) is 11.4 Å². The fraction of sp³-hybridized carbons (Fsp3) is 0.231. The molecule has 1 aromatic heterocycles. The maximum Gasteiger partial charge on any atom is 0.217 e. The average molecular weight is 264 g/mol. The molecule has 18 heavy (non-hydrogen) atoms. The highest BCUT2D eigenvalue weighted by molar-refractivity contribution is 6.31. The number of halogens is 1. The predicted molar refractivity (Wildman–Crippen MR) is 70.3 cm³/mol. The number of aryl methyl sites for hydroxylation is 1. The van der Waals surface area contributed by atoms with Crippen LogP contribution in [-0.4, -0.2) is 15.5 Å². The molecule has 0 radical (unpaired) electrons. The summed E-state index contributed by atoms with van der Waals surface area (Å²) in [4.78, 5) is 15.6. The van der Waals surface area contributed by atoms with Gasteiger partial charge in [0.05, 0.1) is 0 Å². The van der Waals surface area contributed by atoms with E-state index in [0.29, 0.717) is 5.02 Å². The van der Waals surface area contributed by atoms with Crippen molar-refractivity contribution in [1.29, 1.82) is 0 Å². The Bertz CT molecular complexity index is 565. The Labute approximate surface area is 111 Å². The van der Waals surface area contributed by atoms with Gasteiger partial charge in [0.2, 0.25) is 5.91 Å². The number of rotatable bonds is 3. The van der Waals surface area contributed by atoms with E-state index in [9.17, 15) is 4.79 Å². The highest BCUT2D eigenvalue weighted by atomic mass is 35.5. The molecule has 1 amide bonds. The number of carbonyl (C=O) groups excluding carboxylic acids is 1. The lowest BCUT2D eigenvalue weighted by atomic mass is 10.1. The summed E-state index contributed by atoms with van der Waals surface area (Å²) in [7, 11) is 1.88. The fourth-order valence-corrected chi connectivity index (χ4v) is 2.09. The Morgan fingerprint density at radius 2 is 2.17 bits per heavy atom. The number of benzene rings is 1. The summed E-state index contributed by atoms with van der Waals surface area (Å²) in [6.45, 7) is 1.48. The van der Waals surface area contributed by atoms with Crippen LogP contribution in [0.3, 0.4) is 0 Å². The molecule has 0 saturated carbocycles. The molecule has 0 spiro atoms. The van der Waals surface area contributed by atoms with E-state index < -0.39 is 0 Å². The first-order chi connectivity index (χ1) is 8.59. The Morgan fingerprint density at radius 3 is 2.72 bits per heavy atom. The zero-order valence-electron chi connectivity index (χ0n) is 10.2. The second-order valence-corrected chi connectivity index (χ2v) is 4.46. The van der Waals surface area contributed by atoms with Crippen molar-refractivity contribution < 1.29 is 4.79 Å². The minimum Gasteiger partial charge on any atom is -0.342 e. The minimum atomic E-state index is -0.337. The van der Waals surface area contributed by atoms with Crippen LogP contribution in [0, 0.1) is 0 Å². The van der Waals surface area contributed by atoms with Gasteiger partial charge in [-0.05, 0) is 6.07 Å². The molecule has 4 nitrogen and oxygen atoms in total. The van der Waals surface area contributed by atoms with Crippen LogP contribution in [-0.2, 0) is 11.8 Å². The van der Waals surface area contributed by atoms with Crippen molar-refractivity contribution in [2.75, 3.05) is 0 Å². The lowest BCUT2D eigenvalue weighted by Crippen LogP contribution is -2.29. The quantitative estimate of drug-likeness (QED) is 0.924. The van der Waals surface area contributed by atoms with Gasteiger partial charge in [-0.3, -0.25) is 4.79 Å². The molecule has 94 valence electrons. The third-order valence-electron chi connectivity index (χ3n) is 2.68. The van der Waals surface area contributed by atoms with E-state index in [-0.39, 0.29) is 11.9 Å². The first kappa shape index (κ1) is 12.6. The van der Waals surface area contributed by atoms with E-state index in [2.05, 4.69) is 10.3 Å². The van der Waals surface area contributed by atoms with E-state index >= 15 is 0 Å². The molecule has 0 bridgehead atoms. The van der Waals surface area contributed by atoms with Gasteiger partial charge < -0.3 is 9.88 Å². The van der Waals surface area contributed by atoms with Crippen molar-refractivity contribution >= 4 is 17.5 Å². The van der Waals surface area contributed by atoms with Gasteiger partial charge >= 0.3 is 0 Å². The number of hydrogen-bond acceptors (Lipinski definition) is 2. The molecule has 0 aliphatic rings. The van der Waals surface area contributed by atoms with Crippen LogP contribution in [0.25, 0.3) is 0 Å². The number of imidazole rings is 1. The Kier molecular flexibility index (Phi) is 3.67. The third-order valence-corrected chi connectivity index (χ3v) is 3.02. The van der Waals surface area contributed by atoms with Crippen molar-refractivity contribution in [3.05, 3.63) is 53.1 Å². The van der Waals surface area contributed by atoms with Crippen LogP contribution in [0.5, 0.6) is 0 Å². The number of carbonyl (C=O) groups is 1. The molecule has 2 aromatic rings. The van der Waals surface area contributed by atoms with Crippen molar-refractivity contribution in [2.24, 2.45) is 7.05 Å². The van der Waals surface area contributed by atoms with Gasteiger partial charge in [-0.2, -0.15) is 0 Å². The monoisotopic (exact) mass is 263 g/mol. The number of aromatic nitrogens is 2. The lowest BCUT2D eigenvalue weighted by molar-refractivity contribution is -0.119. The van der Waals surface area contributed by atoms with Gasteiger partial charge in [0.15, 0.2) is 0 Å². The van der Waals surface area contributed by atoms with Crippen LogP contribution >= 0.6 is 11.6 Å². The fourth-order valence-electron chi connectivity index (χ4n) is 1.85. The summed E-state index contributed by atoms with van der Waals surface area (Å²) in [6.07, 6.45) is 3.53. The van der Waals surface area contributed by atoms with E-state index in [1.807, 2.05) is 36.0 Å². The smallest absolute Gasteiger partial charge is 0.217 e. The molecule has 0 saturated heterocycles. The Hall–Kier alpha value is -1.81. The van der Waals surface area contributed by atoms with Crippen LogP contribution in [0.2, 0.25) is 5.02 Å². The van der Waals surface area contributed by atoms with Crippen molar-refractivity contribution in [3.8, 4) is 0 Å². The molecule has 0 aliphatic carbocycles. The maximum absolute atomic E-state index is 11.4. The number of nitrogens with zero attached hydrogens (tertiary/aromatic N) is 2. The van der Waals surface area contributed by atoms with E-state index in [1.165, 1.54) is 6.92 Å². The Balaban J connectivity index is 2.47. The van der Waals surface area contributed by atoms with Gasteiger partial charge in [-0.15, -0.1) is 0 Å². The zero-order chi connectivity index (χ0) is 13.1. The summed E-state index contributed by atoms with van der Waals surface area (Å²) < 4.78 is 1.87. The van der Waals surface area contributed by atoms with Gasteiger partial charge in [0, 0.05) is 37.0 Å². The summed E-state index contributed by atoms with van der Waals surface area (Å²) in [5.74, 6) is 0.626. The number of hydrogen-bond donors (Lipinski definition) is 1. The SMILES string of the molecule is CC(=O)NC(c1ccccc1Cl)c1nccn1C. The van der Waals surface area contributed by atoms with Crippen LogP contribution in [0.1, 0.15) is 24.4 Å². The summed E-state index contributed by atoms with van der Waals surface area (Å²) in [5, 5.41) is 3.48. The molecule has 0 fully saturated rings. The molecule has 1 N–H and O–H groups in total. The summed E-state index contributed by atoms with van der Waals surface area (Å²) in [6, 6.07) is 7.09. The second kappa shape index (κ2) is 5.23. The predicted octanol–water partition coefficient (Wildman–Crippen LogP) is 2.30. The second-order valence-electron chi connectivity index (χ2n) is 4.05. The standard InChI is InChI=1S/C13H14ClN3O/c1-9(18)16-12(13-15-7-8-17(13)2)10-5-3-4-6-11(10)14/h3-8,12H,1-2H3,(H,16,18). The Morgan fingerprint density at radius 1 is 1.44 bits per heavy atom. The molecule has 5 heteroatoms. The maximum atomic E-state index is 11.4. The van der Waals surface area contributed by atoms with Crippen molar-refractivity contribution in [2.45, 2.75) is 13.0 Å². The molecule has 1 aromatic carbocycles. The molecule has 2 rings (SSSR count). The molecular weight excluding hydrogens is 250 g/mol. The van der Waals surface area contributed by atoms with Gasteiger partial charge in [-0.1, -0.05) is 29.8 Å². The van der Waals surface area contributed by atoms with E-state index in [4.69, 9.17) is 11.6 Å². The summed E-state index contributed by atoms with van der Waals surface area (Å²) >= 11 is 6.18. The van der Waals surface area contributed by atoms with Crippen LogP contribution < -0.4 is 5.32 Å². The molecule has 1 unspecified atom stereocenters. The topological polar surface area (TPSA) is 46.9 Å². The van der Waals surface area contributed by atoms with Crippen LogP contribution in [0.4, 0.5) is 0 Å². The van der Waals surface area contributed by atoms with Gasteiger partial charge in [-0.25, -0.2) is 4.98 Å². The van der Waals surface area contributed by atoms with E-state index in [1.54, 1.807) is 12.3 Å². The summed E-state index contributed by atoms with van der Waals surface area (Å²) in [5.41, 5.74) is 0.837. The third kappa shape index (κ3) is 2.54. The highest BCUT2D eigenvalue weighted by Crippen LogP contribution is 2.26.